The van der Waals surface area contributed by atoms with Crippen LogP contribution in [-0.2, 0) is 10.9 Å². The highest BCUT2D eigenvalue weighted by Gasteiger charge is 2.39. The van der Waals surface area contributed by atoms with Gasteiger partial charge in [0.15, 0.2) is 5.78 Å². The summed E-state index contributed by atoms with van der Waals surface area (Å²) in [6.07, 6.45) is -5.46. The van der Waals surface area contributed by atoms with Crippen LogP contribution >= 0.6 is 0 Å². The molecular formula is C15H19F3O2. The molecule has 0 amide bonds. The number of rotatable bonds is 4. The lowest BCUT2D eigenvalue weighted by molar-refractivity contribution is -0.138. The number of carbonyl (C=O) groups is 1. The molecule has 0 saturated heterocycles. The fourth-order valence-corrected chi connectivity index (χ4v) is 1.97. The first-order chi connectivity index (χ1) is 9.09. The molecule has 1 aromatic carbocycles. The minimum absolute atomic E-state index is 0.266. The predicted octanol–water partition coefficient (Wildman–Crippen LogP) is 4.34. The van der Waals surface area contributed by atoms with E-state index in [1.807, 2.05) is 0 Å². The van der Waals surface area contributed by atoms with Crippen LogP contribution in [0.5, 0.6) is 0 Å². The summed E-state index contributed by atoms with van der Waals surface area (Å²) in [6.45, 7) is 7.27. The smallest absolute Gasteiger partial charge is 0.370 e. The second kappa shape index (κ2) is 5.95. The van der Waals surface area contributed by atoms with Gasteiger partial charge in [-0.15, -0.1) is 0 Å². The third-order valence-electron chi connectivity index (χ3n) is 2.86. The molecule has 0 aliphatic rings. The molecule has 0 radical (unpaired) electrons. The highest BCUT2D eigenvalue weighted by Crippen LogP contribution is 2.34. The molecule has 1 rings (SSSR count). The van der Waals surface area contributed by atoms with Crippen molar-refractivity contribution >= 4 is 5.78 Å². The van der Waals surface area contributed by atoms with Crippen molar-refractivity contribution in [2.45, 2.75) is 40.0 Å². The van der Waals surface area contributed by atoms with Crippen LogP contribution in [0.1, 0.15) is 43.6 Å². The second-order valence-electron chi connectivity index (χ2n) is 5.61. The van der Waals surface area contributed by atoms with Gasteiger partial charge < -0.3 is 4.74 Å². The number of ether oxygens (including phenoxy) is 1. The number of carbonyl (C=O) groups excluding carboxylic acids is 1. The number of alkyl halides is 3. The van der Waals surface area contributed by atoms with Crippen molar-refractivity contribution in [2.24, 2.45) is 5.41 Å². The third-order valence-corrected chi connectivity index (χ3v) is 2.86. The van der Waals surface area contributed by atoms with E-state index in [4.69, 9.17) is 4.74 Å². The van der Waals surface area contributed by atoms with Gasteiger partial charge in [-0.3, -0.25) is 4.79 Å². The first kappa shape index (κ1) is 16.7. The van der Waals surface area contributed by atoms with Crippen molar-refractivity contribution in [2.75, 3.05) is 6.61 Å². The first-order valence-electron chi connectivity index (χ1n) is 6.41. The maximum absolute atomic E-state index is 13.0. The molecule has 0 aliphatic heterocycles. The van der Waals surface area contributed by atoms with Crippen LogP contribution in [0.15, 0.2) is 24.3 Å². The lowest BCUT2D eigenvalue weighted by Gasteiger charge is -2.29. The molecule has 0 heterocycles. The standard InChI is InChI=1S/C15H19F3O2/c1-5-20-13(14(2,3)4)12(19)10-8-6-7-9-11(10)15(16,17)18/h6-9,13H,5H2,1-4H3. The van der Waals surface area contributed by atoms with E-state index in [0.717, 1.165) is 6.07 Å². The zero-order valence-corrected chi connectivity index (χ0v) is 12.0. The van der Waals surface area contributed by atoms with Gasteiger partial charge in [-0.2, -0.15) is 13.2 Å². The van der Waals surface area contributed by atoms with E-state index >= 15 is 0 Å². The molecule has 0 aliphatic carbocycles. The Morgan fingerprint density at radius 3 is 2.20 bits per heavy atom. The summed E-state index contributed by atoms with van der Waals surface area (Å²) in [7, 11) is 0. The molecule has 1 unspecified atom stereocenters. The number of hydrogen-bond acceptors (Lipinski definition) is 2. The second-order valence-corrected chi connectivity index (χ2v) is 5.61. The molecule has 0 saturated carbocycles. The maximum atomic E-state index is 13.0. The quantitative estimate of drug-likeness (QED) is 0.770. The zero-order valence-electron chi connectivity index (χ0n) is 12.0. The van der Waals surface area contributed by atoms with Gasteiger partial charge in [-0.25, -0.2) is 0 Å². The van der Waals surface area contributed by atoms with Gasteiger partial charge in [0.2, 0.25) is 0 Å². The third kappa shape index (κ3) is 3.82. The van der Waals surface area contributed by atoms with Crippen molar-refractivity contribution in [3.63, 3.8) is 0 Å². The van der Waals surface area contributed by atoms with E-state index < -0.39 is 29.0 Å². The Hall–Kier alpha value is -1.36. The molecule has 20 heavy (non-hydrogen) atoms. The van der Waals surface area contributed by atoms with Crippen LogP contribution in [0.4, 0.5) is 13.2 Å². The van der Waals surface area contributed by atoms with Crippen molar-refractivity contribution in [3.05, 3.63) is 35.4 Å². The largest absolute Gasteiger partial charge is 0.417 e. The molecule has 1 atom stereocenters. The van der Waals surface area contributed by atoms with Crippen molar-refractivity contribution < 1.29 is 22.7 Å². The zero-order chi connectivity index (χ0) is 15.6. The van der Waals surface area contributed by atoms with Crippen molar-refractivity contribution in [1.29, 1.82) is 0 Å². The van der Waals surface area contributed by atoms with E-state index in [1.54, 1.807) is 27.7 Å². The molecular weight excluding hydrogens is 269 g/mol. The normalized spacial score (nSPS) is 14.2. The Balaban J connectivity index is 3.26. The van der Waals surface area contributed by atoms with Gasteiger partial charge in [-0.1, -0.05) is 39.0 Å². The lowest BCUT2D eigenvalue weighted by atomic mass is 9.83. The Bertz CT molecular complexity index is 473. The molecule has 0 bridgehead atoms. The number of halogens is 3. The monoisotopic (exact) mass is 288 g/mol. The Labute approximate surface area is 116 Å². The number of hydrogen-bond donors (Lipinski definition) is 0. The highest BCUT2D eigenvalue weighted by molar-refractivity contribution is 6.01. The first-order valence-corrected chi connectivity index (χ1v) is 6.41. The van der Waals surface area contributed by atoms with Gasteiger partial charge in [0.25, 0.3) is 0 Å². The van der Waals surface area contributed by atoms with Gasteiger partial charge in [0, 0.05) is 12.2 Å². The molecule has 0 N–H and O–H groups in total. The summed E-state index contributed by atoms with van der Waals surface area (Å²) in [5, 5.41) is 0. The van der Waals surface area contributed by atoms with Gasteiger partial charge in [-0.05, 0) is 18.4 Å². The SMILES string of the molecule is CCOC(C(=O)c1ccccc1C(F)(F)F)C(C)(C)C. The molecule has 0 spiro atoms. The average Bonchev–Trinajstić information content (AvgIpc) is 2.32. The molecule has 0 fully saturated rings. The maximum Gasteiger partial charge on any atom is 0.417 e. The summed E-state index contributed by atoms with van der Waals surface area (Å²) in [5.74, 6) is -0.632. The Kier molecular flexibility index (Phi) is 4.97. The minimum Gasteiger partial charge on any atom is -0.370 e. The number of Topliss-reactive ketones (excluding diaryl/α,β-unsaturated/α-hetero) is 1. The van der Waals surface area contributed by atoms with Crippen LogP contribution in [-0.4, -0.2) is 18.5 Å². The van der Waals surface area contributed by atoms with Crippen LogP contribution in [0.25, 0.3) is 0 Å². The summed E-state index contributed by atoms with van der Waals surface area (Å²) < 4.78 is 44.3. The fourth-order valence-electron chi connectivity index (χ4n) is 1.97. The molecule has 112 valence electrons. The molecule has 2 nitrogen and oxygen atoms in total. The van der Waals surface area contributed by atoms with E-state index in [9.17, 15) is 18.0 Å². The Morgan fingerprint density at radius 1 is 1.20 bits per heavy atom. The van der Waals surface area contributed by atoms with E-state index in [-0.39, 0.29) is 12.2 Å². The lowest BCUT2D eigenvalue weighted by Crippen LogP contribution is -2.38. The van der Waals surface area contributed by atoms with Gasteiger partial charge in [0.05, 0.1) is 5.56 Å². The van der Waals surface area contributed by atoms with E-state index in [2.05, 4.69) is 0 Å². The molecule has 5 heteroatoms. The predicted molar refractivity (Wildman–Crippen MR) is 70.6 cm³/mol. The number of benzene rings is 1. The summed E-state index contributed by atoms with van der Waals surface area (Å²) in [5.41, 5.74) is -1.83. The molecule has 1 aromatic rings. The highest BCUT2D eigenvalue weighted by atomic mass is 19.4. The summed E-state index contributed by atoms with van der Waals surface area (Å²) in [6, 6.07) is 4.81. The van der Waals surface area contributed by atoms with Crippen molar-refractivity contribution in [1.82, 2.24) is 0 Å². The van der Waals surface area contributed by atoms with Crippen LogP contribution in [0, 0.1) is 5.41 Å². The van der Waals surface area contributed by atoms with Crippen molar-refractivity contribution in [3.8, 4) is 0 Å². The van der Waals surface area contributed by atoms with Gasteiger partial charge >= 0.3 is 6.18 Å². The van der Waals surface area contributed by atoms with Crippen LogP contribution < -0.4 is 0 Å². The average molecular weight is 288 g/mol. The topological polar surface area (TPSA) is 26.3 Å². The van der Waals surface area contributed by atoms with Gasteiger partial charge in [0.1, 0.15) is 6.10 Å². The number of ketones is 1. The summed E-state index contributed by atoms with van der Waals surface area (Å²) >= 11 is 0. The van der Waals surface area contributed by atoms with E-state index in [0.29, 0.717) is 0 Å². The van der Waals surface area contributed by atoms with E-state index in [1.165, 1.54) is 18.2 Å². The van der Waals surface area contributed by atoms with Crippen LogP contribution in [0.3, 0.4) is 0 Å². The Morgan fingerprint density at radius 2 is 1.75 bits per heavy atom. The molecule has 0 aromatic heterocycles. The fraction of sp³-hybridized carbons (Fsp3) is 0.533. The summed E-state index contributed by atoms with van der Waals surface area (Å²) in [4.78, 5) is 12.4. The van der Waals surface area contributed by atoms with Crippen LogP contribution in [0.2, 0.25) is 0 Å². The minimum atomic E-state index is -4.55.